The highest BCUT2D eigenvalue weighted by Gasteiger charge is 2.28. The van der Waals surface area contributed by atoms with E-state index >= 15 is 0 Å². The quantitative estimate of drug-likeness (QED) is 0.779. The number of ketones is 1. The summed E-state index contributed by atoms with van der Waals surface area (Å²) in [5.41, 5.74) is 1.22. The van der Waals surface area contributed by atoms with Gasteiger partial charge in [-0.05, 0) is 31.3 Å². The highest BCUT2D eigenvalue weighted by molar-refractivity contribution is 6.05. The first-order valence-corrected chi connectivity index (χ1v) is 6.35. The normalized spacial score (nSPS) is 15.7. The van der Waals surface area contributed by atoms with Crippen molar-refractivity contribution in [3.63, 3.8) is 0 Å². The van der Waals surface area contributed by atoms with Crippen LogP contribution < -0.4 is 10.2 Å². The largest absolute Gasteiger partial charge is 0.335 e. The summed E-state index contributed by atoms with van der Waals surface area (Å²) >= 11 is 0. The number of benzene rings is 1. The number of piperazine rings is 1. The molecule has 1 aliphatic rings. The van der Waals surface area contributed by atoms with Gasteiger partial charge in [0.15, 0.2) is 5.78 Å². The van der Waals surface area contributed by atoms with Crippen molar-refractivity contribution in [2.45, 2.75) is 0 Å². The Balaban J connectivity index is 2.15. The summed E-state index contributed by atoms with van der Waals surface area (Å²) in [5.74, 6) is -0.235. The molecular formula is C14H17N3O3. The highest BCUT2D eigenvalue weighted by Crippen LogP contribution is 2.18. The van der Waals surface area contributed by atoms with Crippen LogP contribution in [0.4, 0.5) is 5.69 Å². The third-order valence-corrected chi connectivity index (χ3v) is 3.23. The lowest BCUT2D eigenvalue weighted by Gasteiger charge is -2.31. The molecule has 1 fully saturated rings. The lowest BCUT2D eigenvalue weighted by atomic mass is 10.1. The van der Waals surface area contributed by atoms with Crippen molar-refractivity contribution in [3.8, 4) is 0 Å². The fraction of sp³-hybridized carbons (Fsp3) is 0.357. The van der Waals surface area contributed by atoms with Gasteiger partial charge in [0.05, 0.1) is 13.1 Å². The minimum atomic E-state index is -0.124. The number of carbonyl (C=O) groups is 3. The Kier molecular flexibility index (Phi) is 4.14. The van der Waals surface area contributed by atoms with Gasteiger partial charge in [0.2, 0.25) is 11.8 Å². The molecular weight excluding hydrogens is 258 g/mol. The third kappa shape index (κ3) is 2.85. The van der Waals surface area contributed by atoms with E-state index in [0.29, 0.717) is 11.3 Å². The summed E-state index contributed by atoms with van der Waals surface area (Å²) in [5, 5.41) is 2.80. The molecule has 0 spiro atoms. The van der Waals surface area contributed by atoms with Crippen LogP contribution in [0.1, 0.15) is 10.4 Å². The summed E-state index contributed by atoms with van der Waals surface area (Å²) in [6.07, 6.45) is 0. The second-order valence-corrected chi connectivity index (χ2v) is 4.73. The van der Waals surface area contributed by atoms with Crippen molar-refractivity contribution in [1.29, 1.82) is 0 Å². The Labute approximate surface area is 117 Å². The zero-order chi connectivity index (χ0) is 14.7. The Morgan fingerprint density at radius 3 is 2.40 bits per heavy atom. The van der Waals surface area contributed by atoms with Gasteiger partial charge in [-0.25, -0.2) is 0 Å². The first-order chi connectivity index (χ1) is 9.52. The molecule has 1 aromatic rings. The maximum Gasteiger partial charge on any atom is 0.247 e. The molecule has 6 nitrogen and oxygen atoms in total. The molecule has 2 rings (SSSR count). The number of Topliss-reactive ketones (excluding diaryl/α,β-unsaturated/α-hetero) is 1. The summed E-state index contributed by atoms with van der Waals surface area (Å²) in [7, 11) is 3.32. The third-order valence-electron chi connectivity index (χ3n) is 3.23. The fourth-order valence-corrected chi connectivity index (χ4v) is 2.05. The Bertz CT molecular complexity index is 539. The molecule has 1 N–H and O–H groups in total. The van der Waals surface area contributed by atoms with Crippen LogP contribution in [0.5, 0.6) is 0 Å². The first-order valence-electron chi connectivity index (χ1n) is 6.35. The number of likely N-dealkylation sites (N-methyl/N-ethyl adjacent to an activating group) is 2. The molecule has 20 heavy (non-hydrogen) atoms. The van der Waals surface area contributed by atoms with Gasteiger partial charge in [-0.3, -0.25) is 14.4 Å². The van der Waals surface area contributed by atoms with Gasteiger partial charge in [0.25, 0.3) is 0 Å². The maximum absolute atomic E-state index is 11.9. The van der Waals surface area contributed by atoms with Gasteiger partial charge in [0, 0.05) is 18.3 Å². The molecule has 2 amide bonds. The summed E-state index contributed by atoms with van der Waals surface area (Å²) in [6.45, 7) is 0.393. The van der Waals surface area contributed by atoms with Crippen molar-refractivity contribution in [2.75, 3.05) is 38.6 Å². The number of hydrogen-bond donors (Lipinski definition) is 1. The number of hydrogen-bond acceptors (Lipinski definition) is 4. The average Bonchev–Trinajstić information content (AvgIpc) is 2.43. The molecule has 1 aromatic carbocycles. The topological polar surface area (TPSA) is 69.7 Å². The molecule has 1 heterocycles. The van der Waals surface area contributed by atoms with E-state index in [1.54, 1.807) is 38.4 Å². The van der Waals surface area contributed by atoms with Crippen LogP contribution in [-0.2, 0) is 9.59 Å². The minimum Gasteiger partial charge on any atom is -0.335 e. The molecule has 0 atom stereocenters. The van der Waals surface area contributed by atoms with Gasteiger partial charge in [-0.1, -0.05) is 0 Å². The second kappa shape index (κ2) is 5.83. The van der Waals surface area contributed by atoms with Crippen molar-refractivity contribution >= 4 is 23.3 Å². The van der Waals surface area contributed by atoms with Gasteiger partial charge in [-0.15, -0.1) is 0 Å². The van der Waals surface area contributed by atoms with E-state index in [1.165, 1.54) is 9.80 Å². The molecule has 106 valence electrons. The lowest BCUT2D eigenvalue weighted by Crippen LogP contribution is -2.52. The molecule has 0 radical (unpaired) electrons. The molecule has 0 unspecified atom stereocenters. The SMILES string of the molecule is CNCC(=O)c1ccc(N2CC(=O)N(C)CC2=O)cc1. The monoisotopic (exact) mass is 275 g/mol. The predicted molar refractivity (Wildman–Crippen MR) is 74.7 cm³/mol. The summed E-state index contributed by atoms with van der Waals surface area (Å²) < 4.78 is 0. The van der Waals surface area contributed by atoms with Crippen molar-refractivity contribution in [2.24, 2.45) is 0 Å². The maximum atomic E-state index is 11.9. The molecule has 6 heteroatoms. The number of anilines is 1. The van der Waals surface area contributed by atoms with Crippen LogP contribution in [0.25, 0.3) is 0 Å². The van der Waals surface area contributed by atoms with Crippen LogP contribution in [0.15, 0.2) is 24.3 Å². The Morgan fingerprint density at radius 2 is 1.80 bits per heavy atom. The van der Waals surface area contributed by atoms with Crippen LogP contribution in [0.2, 0.25) is 0 Å². The smallest absolute Gasteiger partial charge is 0.247 e. The Hall–Kier alpha value is -2.21. The van der Waals surface area contributed by atoms with Gasteiger partial charge in [-0.2, -0.15) is 0 Å². The van der Waals surface area contributed by atoms with E-state index in [9.17, 15) is 14.4 Å². The van der Waals surface area contributed by atoms with Crippen LogP contribution in [0.3, 0.4) is 0 Å². The molecule has 0 aromatic heterocycles. The highest BCUT2D eigenvalue weighted by atomic mass is 16.2. The zero-order valence-electron chi connectivity index (χ0n) is 11.5. The van der Waals surface area contributed by atoms with E-state index in [1.807, 2.05) is 0 Å². The van der Waals surface area contributed by atoms with E-state index in [-0.39, 0.29) is 37.2 Å². The molecule has 0 aliphatic carbocycles. The minimum absolute atomic E-state index is 0.0140. The second-order valence-electron chi connectivity index (χ2n) is 4.73. The van der Waals surface area contributed by atoms with E-state index in [4.69, 9.17) is 0 Å². The summed E-state index contributed by atoms with van der Waals surface area (Å²) in [4.78, 5) is 38.1. The zero-order valence-corrected chi connectivity index (χ0v) is 11.5. The standard InChI is InChI=1S/C14H17N3O3/c1-15-7-12(18)10-3-5-11(6-4-10)17-9-13(19)16(2)8-14(17)20/h3-6,15H,7-9H2,1-2H3. The molecule has 1 aliphatic heterocycles. The summed E-state index contributed by atoms with van der Waals surface area (Å²) in [6, 6.07) is 6.73. The predicted octanol–water partition coefficient (Wildman–Crippen LogP) is -0.106. The van der Waals surface area contributed by atoms with Crippen molar-refractivity contribution in [3.05, 3.63) is 29.8 Å². The van der Waals surface area contributed by atoms with Gasteiger partial charge in [0.1, 0.15) is 6.54 Å². The van der Waals surface area contributed by atoms with Crippen molar-refractivity contribution < 1.29 is 14.4 Å². The van der Waals surface area contributed by atoms with Crippen LogP contribution in [0, 0.1) is 0 Å². The van der Waals surface area contributed by atoms with Crippen molar-refractivity contribution in [1.82, 2.24) is 10.2 Å². The molecule has 1 saturated heterocycles. The first kappa shape index (κ1) is 14.2. The number of amides is 2. The van der Waals surface area contributed by atoms with Crippen LogP contribution >= 0.6 is 0 Å². The number of nitrogens with one attached hydrogen (secondary N) is 1. The van der Waals surface area contributed by atoms with Gasteiger partial charge >= 0.3 is 0 Å². The number of carbonyl (C=O) groups excluding carboxylic acids is 3. The van der Waals surface area contributed by atoms with E-state index in [0.717, 1.165) is 0 Å². The molecule has 0 saturated carbocycles. The number of rotatable bonds is 4. The fourth-order valence-electron chi connectivity index (χ4n) is 2.05. The van der Waals surface area contributed by atoms with Crippen LogP contribution in [-0.4, -0.2) is 56.2 Å². The van der Waals surface area contributed by atoms with Gasteiger partial charge < -0.3 is 15.1 Å². The van der Waals surface area contributed by atoms with E-state index in [2.05, 4.69) is 5.32 Å². The Morgan fingerprint density at radius 1 is 1.15 bits per heavy atom. The average molecular weight is 275 g/mol. The van der Waals surface area contributed by atoms with E-state index < -0.39 is 0 Å². The molecule has 0 bridgehead atoms. The lowest BCUT2D eigenvalue weighted by molar-refractivity contribution is -0.136. The number of nitrogens with zero attached hydrogens (tertiary/aromatic N) is 2.